The molecule has 0 aromatic heterocycles. The van der Waals surface area contributed by atoms with E-state index in [0.29, 0.717) is 32.5 Å². The Morgan fingerprint density at radius 3 is 2.79 bits per heavy atom. The van der Waals surface area contributed by atoms with Crippen LogP contribution in [0.1, 0.15) is 33.6 Å². The van der Waals surface area contributed by atoms with Crippen molar-refractivity contribution < 1.29 is 14.3 Å². The lowest BCUT2D eigenvalue weighted by Crippen LogP contribution is -2.34. The number of likely N-dealkylation sites (tertiary alicyclic amines) is 1. The first kappa shape index (κ1) is 15.4. The van der Waals surface area contributed by atoms with E-state index in [2.05, 4.69) is 11.2 Å². The molecule has 5 nitrogen and oxygen atoms in total. The Balaban J connectivity index is 2.17. The van der Waals surface area contributed by atoms with Gasteiger partial charge in [-0.05, 0) is 27.2 Å². The standard InChI is InChI=1S/C14H22N2O3/c1-5-11-9-12(17)16(10-11)8-6-7-15-13(18)19-14(2,3)4/h1,11H,6-10H2,2-4H3,(H,15,18). The van der Waals surface area contributed by atoms with Crippen molar-refractivity contribution in [2.24, 2.45) is 5.92 Å². The summed E-state index contributed by atoms with van der Waals surface area (Å²) in [5.74, 6) is 2.74. The maximum Gasteiger partial charge on any atom is 0.407 e. The lowest BCUT2D eigenvalue weighted by Gasteiger charge is -2.20. The number of hydrogen-bond donors (Lipinski definition) is 1. The van der Waals surface area contributed by atoms with Gasteiger partial charge in [0.2, 0.25) is 5.91 Å². The van der Waals surface area contributed by atoms with Crippen molar-refractivity contribution in [3.63, 3.8) is 0 Å². The van der Waals surface area contributed by atoms with E-state index in [1.54, 1.807) is 4.90 Å². The highest BCUT2D eigenvalue weighted by molar-refractivity contribution is 5.79. The molecular weight excluding hydrogens is 244 g/mol. The van der Waals surface area contributed by atoms with Crippen molar-refractivity contribution in [1.29, 1.82) is 0 Å². The predicted molar refractivity (Wildman–Crippen MR) is 72.4 cm³/mol. The molecule has 0 aliphatic carbocycles. The minimum atomic E-state index is -0.491. The lowest BCUT2D eigenvalue weighted by atomic mass is 10.1. The number of terminal acetylenes is 1. The number of amides is 2. The molecular formula is C14H22N2O3. The Kier molecular flexibility index (Phi) is 5.22. The van der Waals surface area contributed by atoms with E-state index < -0.39 is 11.7 Å². The highest BCUT2D eigenvalue weighted by atomic mass is 16.6. The summed E-state index contributed by atoms with van der Waals surface area (Å²) in [6, 6.07) is 0. The van der Waals surface area contributed by atoms with Crippen LogP contribution in [0.3, 0.4) is 0 Å². The lowest BCUT2D eigenvalue weighted by molar-refractivity contribution is -0.127. The molecule has 0 aromatic rings. The molecule has 0 spiro atoms. The second-order valence-corrected chi connectivity index (χ2v) is 5.69. The summed E-state index contributed by atoms with van der Waals surface area (Å²) in [6.45, 7) is 7.17. The summed E-state index contributed by atoms with van der Waals surface area (Å²) in [7, 11) is 0. The molecule has 1 atom stereocenters. The first-order chi connectivity index (χ1) is 8.81. The molecule has 0 saturated carbocycles. The van der Waals surface area contributed by atoms with Gasteiger partial charge in [0.15, 0.2) is 0 Å². The van der Waals surface area contributed by atoms with E-state index in [1.165, 1.54) is 0 Å². The number of ether oxygens (including phenoxy) is 1. The van der Waals surface area contributed by atoms with Gasteiger partial charge in [-0.15, -0.1) is 12.3 Å². The van der Waals surface area contributed by atoms with Crippen LogP contribution >= 0.6 is 0 Å². The van der Waals surface area contributed by atoms with Gasteiger partial charge < -0.3 is 15.0 Å². The van der Waals surface area contributed by atoms with Gasteiger partial charge in [0, 0.05) is 32.0 Å². The quantitative estimate of drug-likeness (QED) is 0.618. The zero-order valence-corrected chi connectivity index (χ0v) is 11.9. The smallest absolute Gasteiger partial charge is 0.407 e. The topological polar surface area (TPSA) is 58.6 Å². The Morgan fingerprint density at radius 1 is 1.58 bits per heavy atom. The molecule has 1 aliphatic rings. The number of carbonyl (C=O) groups is 2. The largest absolute Gasteiger partial charge is 0.444 e. The van der Waals surface area contributed by atoms with E-state index in [4.69, 9.17) is 11.2 Å². The Morgan fingerprint density at radius 2 is 2.26 bits per heavy atom. The molecule has 106 valence electrons. The number of rotatable bonds is 4. The van der Waals surface area contributed by atoms with Crippen molar-refractivity contribution in [1.82, 2.24) is 10.2 Å². The third-order valence-electron chi connectivity index (χ3n) is 2.72. The number of carbonyl (C=O) groups excluding carboxylic acids is 2. The Hall–Kier alpha value is -1.70. The van der Waals surface area contributed by atoms with Gasteiger partial charge in [-0.25, -0.2) is 4.79 Å². The van der Waals surface area contributed by atoms with Crippen molar-refractivity contribution in [2.75, 3.05) is 19.6 Å². The SMILES string of the molecule is C#CC1CC(=O)N(CCCNC(=O)OC(C)(C)C)C1. The fraction of sp³-hybridized carbons (Fsp3) is 0.714. The first-order valence-electron chi connectivity index (χ1n) is 6.52. The molecule has 1 saturated heterocycles. The summed E-state index contributed by atoms with van der Waals surface area (Å²) in [5.41, 5.74) is -0.491. The van der Waals surface area contributed by atoms with E-state index in [0.717, 1.165) is 0 Å². The molecule has 2 amide bonds. The second kappa shape index (κ2) is 6.46. The summed E-state index contributed by atoms with van der Waals surface area (Å²) >= 11 is 0. The van der Waals surface area contributed by atoms with Crippen LogP contribution in [-0.2, 0) is 9.53 Å². The number of nitrogens with one attached hydrogen (secondary N) is 1. The summed E-state index contributed by atoms with van der Waals surface area (Å²) < 4.78 is 5.11. The average Bonchev–Trinajstić information content (AvgIpc) is 2.63. The molecule has 0 radical (unpaired) electrons. The minimum absolute atomic E-state index is 0.0336. The number of alkyl carbamates (subject to hydrolysis) is 1. The molecule has 19 heavy (non-hydrogen) atoms. The summed E-state index contributed by atoms with van der Waals surface area (Å²) in [6.07, 6.45) is 6.02. The third-order valence-corrected chi connectivity index (χ3v) is 2.72. The van der Waals surface area contributed by atoms with Crippen LogP contribution in [0.5, 0.6) is 0 Å². The van der Waals surface area contributed by atoms with Crippen LogP contribution in [-0.4, -0.2) is 42.1 Å². The molecule has 0 aromatic carbocycles. The number of hydrogen-bond acceptors (Lipinski definition) is 3. The van der Waals surface area contributed by atoms with Crippen LogP contribution in [0.2, 0.25) is 0 Å². The normalized spacial score (nSPS) is 19.2. The fourth-order valence-corrected chi connectivity index (χ4v) is 1.87. The highest BCUT2D eigenvalue weighted by Crippen LogP contribution is 2.16. The second-order valence-electron chi connectivity index (χ2n) is 5.69. The van der Waals surface area contributed by atoms with Crippen molar-refractivity contribution in [3.8, 4) is 12.3 Å². The molecule has 1 heterocycles. The Labute approximate surface area is 114 Å². The predicted octanol–water partition coefficient (Wildman–Crippen LogP) is 1.38. The summed E-state index contributed by atoms with van der Waals surface area (Å²) in [4.78, 5) is 24.7. The fourth-order valence-electron chi connectivity index (χ4n) is 1.87. The van der Waals surface area contributed by atoms with Crippen molar-refractivity contribution in [3.05, 3.63) is 0 Å². The number of nitrogens with zero attached hydrogens (tertiary/aromatic N) is 1. The van der Waals surface area contributed by atoms with Gasteiger partial charge in [0.25, 0.3) is 0 Å². The highest BCUT2D eigenvalue weighted by Gasteiger charge is 2.27. The average molecular weight is 266 g/mol. The molecule has 1 unspecified atom stereocenters. The van der Waals surface area contributed by atoms with Gasteiger partial charge in [0.1, 0.15) is 5.60 Å². The minimum Gasteiger partial charge on any atom is -0.444 e. The van der Waals surface area contributed by atoms with Gasteiger partial charge in [-0.3, -0.25) is 4.79 Å². The molecule has 1 rings (SSSR count). The van der Waals surface area contributed by atoms with Crippen LogP contribution in [0.4, 0.5) is 4.79 Å². The molecule has 0 bridgehead atoms. The Bertz CT molecular complexity index is 379. The van der Waals surface area contributed by atoms with Gasteiger partial charge in [-0.2, -0.15) is 0 Å². The van der Waals surface area contributed by atoms with Gasteiger partial charge in [0.05, 0.1) is 0 Å². The zero-order valence-electron chi connectivity index (χ0n) is 11.9. The van der Waals surface area contributed by atoms with Crippen molar-refractivity contribution in [2.45, 2.75) is 39.2 Å². The van der Waals surface area contributed by atoms with Gasteiger partial charge >= 0.3 is 6.09 Å². The third kappa shape index (κ3) is 5.64. The van der Waals surface area contributed by atoms with Crippen LogP contribution in [0.25, 0.3) is 0 Å². The van der Waals surface area contributed by atoms with E-state index in [9.17, 15) is 9.59 Å². The summed E-state index contributed by atoms with van der Waals surface area (Å²) in [5, 5.41) is 2.66. The van der Waals surface area contributed by atoms with Gasteiger partial charge in [-0.1, -0.05) is 0 Å². The van der Waals surface area contributed by atoms with Crippen LogP contribution < -0.4 is 5.32 Å². The molecule has 1 aliphatic heterocycles. The molecule has 5 heteroatoms. The maximum atomic E-state index is 11.6. The molecule has 1 fully saturated rings. The molecule has 1 N–H and O–H groups in total. The maximum absolute atomic E-state index is 11.6. The van der Waals surface area contributed by atoms with E-state index in [1.807, 2.05) is 20.8 Å². The monoisotopic (exact) mass is 266 g/mol. The van der Waals surface area contributed by atoms with Crippen LogP contribution in [0.15, 0.2) is 0 Å². The van der Waals surface area contributed by atoms with Crippen LogP contribution in [0, 0.1) is 18.3 Å². The first-order valence-corrected chi connectivity index (χ1v) is 6.52. The van der Waals surface area contributed by atoms with Crippen molar-refractivity contribution >= 4 is 12.0 Å². The van der Waals surface area contributed by atoms with E-state index >= 15 is 0 Å². The van der Waals surface area contributed by atoms with E-state index in [-0.39, 0.29) is 11.8 Å². The zero-order chi connectivity index (χ0) is 14.5.